The molecule has 230 valence electrons. The zero-order valence-electron chi connectivity index (χ0n) is 24.0. The van der Waals surface area contributed by atoms with Crippen LogP contribution in [-0.2, 0) is 6.18 Å². The van der Waals surface area contributed by atoms with Crippen LogP contribution < -0.4 is 15.5 Å². The number of nitrogens with one attached hydrogen (secondary N) is 2. The van der Waals surface area contributed by atoms with Crippen LogP contribution in [0, 0.1) is 0 Å². The zero-order chi connectivity index (χ0) is 31.4. The van der Waals surface area contributed by atoms with Gasteiger partial charge in [-0.1, -0.05) is 12.1 Å². The summed E-state index contributed by atoms with van der Waals surface area (Å²) in [5, 5.41) is 15.1. The fourth-order valence-corrected chi connectivity index (χ4v) is 4.69. The second-order valence-electron chi connectivity index (χ2n) is 10.5. The van der Waals surface area contributed by atoms with E-state index in [9.17, 15) is 27.9 Å². The summed E-state index contributed by atoms with van der Waals surface area (Å²) in [4.78, 5) is 43.3. The van der Waals surface area contributed by atoms with Crippen LogP contribution in [0.1, 0.15) is 39.0 Å². The van der Waals surface area contributed by atoms with Crippen molar-refractivity contribution in [3.8, 4) is 5.82 Å². The molecular formula is C30H31F3N8O3. The largest absolute Gasteiger partial charge is 0.416 e. The number of nitrogens with zero attached hydrogens (tertiary/aromatic N) is 6. The lowest BCUT2D eigenvalue weighted by Gasteiger charge is -2.34. The van der Waals surface area contributed by atoms with Crippen molar-refractivity contribution < 1.29 is 27.9 Å². The van der Waals surface area contributed by atoms with Gasteiger partial charge in [0.1, 0.15) is 5.82 Å². The molecule has 4 aromatic rings. The minimum Gasteiger partial charge on any atom is -0.392 e. The second kappa shape index (κ2) is 12.8. The van der Waals surface area contributed by atoms with Crippen molar-refractivity contribution in [1.29, 1.82) is 0 Å². The van der Waals surface area contributed by atoms with E-state index in [-0.39, 0.29) is 35.1 Å². The summed E-state index contributed by atoms with van der Waals surface area (Å²) in [6.45, 7) is 4.30. The van der Waals surface area contributed by atoms with E-state index in [1.54, 1.807) is 37.4 Å². The Hall–Kier alpha value is -4.82. The molecule has 1 aliphatic heterocycles. The molecule has 1 atom stereocenters. The monoisotopic (exact) mass is 608 g/mol. The van der Waals surface area contributed by atoms with Crippen LogP contribution in [0.15, 0.2) is 67.1 Å². The molecule has 0 aliphatic carbocycles. The molecule has 2 aromatic carbocycles. The van der Waals surface area contributed by atoms with Gasteiger partial charge in [-0.25, -0.2) is 9.97 Å². The number of imidazole rings is 1. The lowest BCUT2D eigenvalue weighted by molar-refractivity contribution is -0.137. The average Bonchev–Trinajstić information content (AvgIpc) is 3.50. The topological polar surface area (TPSA) is 129 Å². The summed E-state index contributed by atoms with van der Waals surface area (Å²) in [5.41, 5.74) is -0.320. The Morgan fingerprint density at radius 2 is 1.77 bits per heavy atom. The van der Waals surface area contributed by atoms with Crippen molar-refractivity contribution in [3.63, 3.8) is 0 Å². The third-order valence-corrected chi connectivity index (χ3v) is 7.05. The molecule has 0 bridgehead atoms. The Morgan fingerprint density at radius 3 is 2.50 bits per heavy atom. The minimum absolute atomic E-state index is 0.0448. The minimum atomic E-state index is -4.64. The second-order valence-corrected chi connectivity index (χ2v) is 10.5. The summed E-state index contributed by atoms with van der Waals surface area (Å²) in [6, 6.07) is 11.0. The highest BCUT2D eigenvalue weighted by Gasteiger charge is 2.33. The molecule has 2 aromatic heterocycles. The van der Waals surface area contributed by atoms with Crippen LogP contribution in [0.5, 0.6) is 0 Å². The normalized spacial score (nSPS) is 14.7. The molecule has 0 radical (unpaired) electrons. The van der Waals surface area contributed by atoms with Gasteiger partial charge in [0.2, 0.25) is 11.7 Å². The summed E-state index contributed by atoms with van der Waals surface area (Å²) >= 11 is 0. The van der Waals surface area contributed by atoms with Gasteiger partial charge < -0.3 is 25.5 Å². The molecule has 14 heteroatoms. The predicted molar refractivity (Wildman–Crippen MR) is 158 cm³/mol. The smallest absolute Gasteiger partial charge is 0.392 e. The molecule has 3 N–H and O–H groups in total. The van der Waals surface area contributed by atoms with Gasteiger partial charge >= 0.3 is 6.18 Å². The van der Waals surface area contributed by atoms with Gasteiger partial charge in [-0.05, 0) is 50.4 Å². The summed E-state index contributed by atoms with van der Waals surface area (Å²) < 4.78 is 42.8. The maximum Gasteiger partial charge on any atom is 0.416 e. The van der Waals surface area contributed by atoms with Gasteiger partial charge in [0.05, 0.1) is 11.7 Å². The van der Waals surface area contributed by atoms with Crippen LogP contribution >= 0.6 is 0 Å². The lowest BCUT2D eigenvalue weighted by atomic mass is 10.1. The Balaban J connectivity index is 1.37. The number of rotatable bonds is 9. The molecule has 0 saturated carbocycles. The first-order valence-electron chi connectivity index (χ1n) is 13.9. The number of ketones is 1. The van der Waals surface area contributed by atoms with Crippen molar-refractivity contribution >= 4 is 29.0 Å². The molecule has 1 aliphatic rings. The van der Waals surface area contributed by atoms with E-state index >= 15 is 0 Å². The molecule has 0 spiro atoms. The number of anilines is 3. The van der Waals surface area contributed by atoms with Gasteiger partial charge in [0, 0.05) is 73.8 Å². The SMILES string of the molecule is C[C@H](O)CNc1nccc(-n2ccnc2C(=O)c2cccc(NC(=O)c3cc(N4CCN(C)CC4)cc(C(F)(F)F)c3)c2)n1. The number of aromatic nitrogens is 4. The number of piperazine rings is 1. The van der Waals surface area contributed by atoms with Crippen molar-refractivity contribution in [1.82, 2.24) is 24.4 Å². The van der Waals surface area contributed by atoms with E-state index in [0.717, 1.165) is 12.1 Å². The molecule has 1 saturated heterocycles. The number of aliphatic hydroxyl groups excluding tert-OH is 1. The van der Waals surface area contributed by atoms with Crippen molar-refractivity contribution in [2.45, 2.75) is 19.2 Å². The third-order valence-electron chi connectivity index (χ3n) is 7.05. The molecule has 44 heavy (non-hydrogen) atoms. The van der Waals surface area contributed by atoms with Crippen LogP contribution in [0.25, 0.3) is 5.82 Å². The number of likely N-dealkylation sites (N-methyl/N-ethyl adjacent to an activating group) is 1. The van der Waals surface area contributed by atoms with Crippen molar-refractivity contribution in [2.75, 3.05) is 55.3 Å². The van der Waals surface area contributed by atoms with Crippen LogP contribution in [0.3, 0.4) is 0 Å². The predicted octanol–water partition coefficient (Wildman–Crippen LogP) is 3.71. The quantitative estimate of drug-likeness (QED) is 0.244. The fraction of sp³-hybridized carbons (Fsp3) is 0.300. The van der Waals surface area contributed by atoms with E-state index in [1.165, 1.54) is 29.1 Å². The first-order chi connectivity index (χ1) is 21.0. The maximum atomic E-state index is 13.8. The van der Waals surface area contributed by atoms with Gasteiger partial charge in [0.15, 0.2) is 5.82 Å². The number of aliphatic hydroxyl groups is 1. The van der Waals surface area contributed by atoms with Crippen molar-refractivity contribution in [2.24, 2.45) is 0 Å². The Kier molecular flexibility index (Phi) is 8.92. The third kappa shape index (κ3) is 7.21. The van der Waals surface area contributed by atoms with Gasteiger partial charge in [-0.15, -0.1) is 0 Å². The van der Waals surface area contributed by atoms with Crippen molar-refractivity contribution in [3.05, 3.63) is 89.6 Å². The summed E-state index contributed by atoms with van der Waals surface area (Å²) in [7, 11) is 1.94. The Bertz CT molecular complexity index is 1650. The molecule has 11 nitrogen and oxygen atoms in total. The number of hydrogen-bond acceptors (Lipinski definition) is 9. The van der Waals surface area contributed by atoms with Crippen LogP contribution in [0.4, 0.5) is 30.5 Å². The maximum absolute atomic E-state index is 13.8. The lowest BCUT2D eigenvalue weighted by Crippen LogP contribution is -2.44. The Morgan fingerprint density at radius 1 is 1.00 bits per heavy atom. The molecule has 1 fully saturated rings. The fourth-order valence-electron chi connectivity index (χ4n) is 4.69. The summed E-state index contributed by atoms with van der Waals surface area (Å²) in [5.74, 6) is -0.552. The molecule has 0 unspecified atom stereocenters. The van der Waals surface area contributed by atoms with Gasteiger partial charge in [0.25, 0.3) is 5.91 Å². The number of carbonyl (C=O) groups is 2. The van der Waals surface area contributed by atoms with E-state index in [4.69, 9.17) is 0 Å². The van der Waals surface area contributed by atoms with Gasteiger partial charge in [-0.2, -0.15) is 18.2 Å². The first kappa shape index (κ1) is 30.6. The average molecular weight is 609 g/mol. The first-order valence-corrected chi connectivity index (χ1v) is 13.9. The number of benzene rings is 2. The number of alkyl halides is 3. The highest BCUT2D eigenvalue weighted by Crippen LogP contribution is 2.33. The highest BCUT2D eigenvalue weighted by molar-refractivity contribution is 6.09. The Labute approximate surface area is 251 Å². The zero-order valence-corrected chi connectivity index (χ0v) is 24.0. The van der Waals surface area contributed by atoms with E-state index < -0.39 is 29.5 Å². The number of halogens is 3. The number of amides is 1. The van der Waals surface area contributed by atoms with E-state index in [2.05, 4.69) is 30.5 Å². The standard InChI is InChI=1S/C30H31F3N8O3/c1-19(42)18-36-29-35-7-6-25(38-29)41-9-8-34-27(41)26(43)20-4-3-5-23(15-20)37-28(44)21-14-22(30(31,32)33)17-24(16-21)40-12-10-39(2)11-13-40/h3-9,14-17,19,42H,10-13,18H2,1-2H3,(H,37,44)(H,35,36,38)/t19-/m0/s1. The van der Waals surface area contributed by atoms with Gasteiger partial charge in [-0.3, -0.25) is 14.2 Å². The molecule has 1 amide bonds. The molecular weight excluding hydrogens is 577 g/mol. The summed E-state index contributed by atoms with van der Waals surface area (Å²) in [6.07, 6.45) is -0.752. The number of carbonyl (C=O) groups excluding carboxylic acids is 2. The molecule has 3 heterocycles. The van der Waals surface area contributed by atoms with Crippen LogP contribution in [-0.4, -0.2) is 87.1 Å². The van der Waals surface area contributed by atoms with E-state index in [1.807, 2.05) is 11.9 Å². The van der Waals surface area contributed by atoms with E-state index in [0.29, 0.717) is 37.7 Å². The highest BCUT2D eigenvalue weighted by atomic mass is 19.4. The van der Waals surface area contributed by atoms with Crippen LogP contribution in [0.2, 0.25) is 0 Å². The molecule has 5 rings (SSSR count). The number of hydrogen-bond donors (Lipinski definition) is 3.